The lowest BCUT2D eigenvalue weighted by molar-refractivity contribution is 0.118. The molecule has 2 rings (SSSR count). The van der Waals surface area contributed by atoms with Crippen LogP contribution in [0.15, 0.2) is 12.3 Å². The van der Waals surface area contributed by atoms with Crippen LogP contribution in [0.25, 0.3) is 0 Å². The monoisotopic (exact) mass is 311 g/mol. The van der Waals surface area contributed by atoms with E-state index in [9.17, 15) is 0 Å². The molecule has 1 fully saturated rings. The largest absolute Gasteiger partial charge is 0.376 e. The summed E-state index contributed by atoms with van der Waals surface area (Å²) < 4.78 is 5.62. The Balaban J connectivity index is 2.01. The summed E-state index contributed by atoms with van der Waals surface area (Å²) in [5.74, 6) is 1.48. The van der Waals surface area contributed by atoms with Crippen LogP contribution in [0.2, 0.25) is 5.02 Å². The zero-order valence-electron chi connectivity index (χ0n) is 13.4. The first kappa shape index (κ1) is 16.5. The number of likely N-dealkylation sites (N-methyl/N-ethyl adjacent to an activating group) is 1. The quantitative estimate of drug-likeness (QED) is 0.876. The third-order valence-corrected chi connectivity index (χ3v) is 4.21. The summed E-state index contributed by atoms with van der Waals surface area (Å²) in [6.07, 6.45) is 3.15. The molecule has 0 saturated carbocycles. The second-order valence-corrected chi connectivity index (χ2v) is 6.62. The Kier molecular flexibility index (Phi) is 5.85. The first-order valence-corrected chi connectivity index (χ1v) is 8.06. The third kappa shape index (κ3) is 4.31. The fourth-order valence-corrected chi connectivity index (χ4v) is 3.04. The molecule has 0 bridgehead atoms. The van der Waals surface area contributed by atoms with Crippen molar-refractivity contribution in [1.29, 1.82) is 0 Å². The lowest BCUT2D eigenvalue weighted by Crippen LogP contribution is -2.37. The van der Waals surface area contributed by atoms with Gasteiger partial charge in [0.2, 0.25) is 0 Å². The van der Waals surface area contributed by atoms with E-state index in [1.54, 1.807) is 0 Å². The van der Waals surface area contributed by atoms with Crippen molar-refractivity contribution < 1.29 is 4.74 Å². The van der Waals surface area contributed by atoms with Crippen LogP contribution in [0.4, 0.5) is 5.82 Å². The van der Waals surface area contributed by atoms with E-state index in [0.29, 0.717) is 17.0 Å². The highest BCUT2D eigenvalue weighted by atomic mass is 35.5. The van der Waals surface area contributed by atoms with E-state index < -0.39 is 0 Å². The second-order valence-electron chi connectivity index (χ2n) is 6.22. The van der Waals surface area contributed by atoms with Gasteiger partial charge in [0.05, 0.1) is 17.2 Å². The number of anilines is 1. The van der Waals surface area contributed by atoms with E-state index >= 15 is 0 Å². The molecule has 1 aliphatic heterocycles. The Labute approximate surface area is 132 Å². The van der Waals surface area contributed by atoms with Crippen LogP contribution < -0.4 is 10.2 Å². The van der Waals surface area contributed by atoms with Crippen LogP contribution in [-0.2, 0) is 11.3 Å². The zero-order valence-corrected chi connectivity index (χ0v) is 14.2. The molecule has 4 nitrogen and oxygen atoms in total. The highest BCUT2D eigenvalue weighted by Crippen LogP contribution is 2.28. The topological polar surface area (TPSA) is 37.4 Å². The molecule has 1 N–H and O–H groups in total. The van der Waals surface area contributed by atoms with Gasteiger partial charge in [-0.1, -0.05) is 25.4 Å². The molecular formula is C16H26ClN3O. The third-order valence-electron chi connectivity index (χ3n) is 3.93. The van der Waals surface area contributed by atoms with E-state index in [2.05, 4.69) is 36.0 Å². The predicted molar refractivity (Wildman–Crippen MR) is 88.0 cm³/mol. The maximum atomic E-state index is 6.42. The van der Waals surface area contributed by atoms with Crippen molar-refractivity contribution in [1.82, 2.24) is 10.3 Å². The molecule has 0 amide bonds. The standard InChI is InChI=1S/C16H26ClN3O/c1-11(2)8-18-9-13-7-14(17)16(19-10-13)20(4)15-5-6-21-12(15)3/h7,10-12,15,18H,5-6,8-9H2,1-4H3. The Morgan fingerprint density at radius 2 is 2.29 bits per heavy atom. The van der Waals surface area contributed by atoms with Crippen LogP contribution in [0.5, 0.6) is 0 Å². The summed E-state index contributed by atoms with van der Waals surface area (Å²) in [5, 5.41) is 4.12. The molecule has 0 radical (unpaired) electrons. The fraction of sp³-hybridized carbons (Fsp3) is 0.688. The van der Waals surface area contributed by atoms with Crippen molar-refractivity contribution in [3.8, 4) is 0 Å². The molecular weight excluding hydrogens is 286 g/mol. The summed E-state index contributed by atoms with van der Waals surface area (Å²) in [6.45, 7) is 9.10. The van der Waals surface area contributed by atoms with Crippen LogP contribution >= 0.6 is 11.6 Å². The van der Waals surface area contributed by atoms with Crippen molar-refractivity contribution in [2.75, 3.05) is 25.1 Å². The van der Waals surface area contributed by atoms with E-state index in [0.717, 1.165) is 37.5 Å². The van der Waals surface area contributed by atoms with Crippen molar-refractivity contribution >= 4 is 17.4 Å². The van der Waals surface area contributed by atoms with Crippen molar-refractivity contribution in [2.45, 2.75) is 45.9 Å². The van der Waals surface area contributed by atoms with Crippen LogP contribution in [0.3, 0.4) is 0 Å². The number of halogens is 1. The lowest BCUT2D eigenvalue weighted by Gasteiger charge is -2.28. The minimum absolute atomic E-state index is 0.222. The van der Waals surface area contributed by atoms with Gasteiger partial charge in [0.15, 0.2) is 0 Å². The molecule has 1 aromatic rings. The molecule has 1 saturated heterocycles. The van der Waals surface area contributed by atoms with Crippen molar-refractivity contribution in [3.05, 3.63) is 22.8 Å². The minimum atomic E-state index is 0.222. The number of hydrogen-bond acceptors (Lipinski definition) is 4. The summed E-state index contributed by atoms with van der Waals surface area (Å²) in [5.41, 5.74) is 1.12. The Hall–Kier alpha value is -0.840. The minimum Gasteiger partial charge on any atom is -0.376 e. The van der Waals surface area contributed by atoms with E-state index in [-0.39, 0.29) is 6.10 Å². The van der Waals surface area contributed by atoms with Gasteiger partial charge in [-0.25, -0.2) is 4.98 Å². The molecule has 1 aliphatic rings. The van der Waals surface area contributed by atoms with Crippen molar-refractivity contribution in [2.24, 2.45) is 5.92 Å². The summed E-state index contributed by atoms with van der Waals surface area (Å²) in [4.78, 5) is 6.70. The SMILES string of the molecule is CC(C)CNCc1cnc(N(C)C2CCOC2C)c(Cl)c1. The molecule has 2 unspecified atom stereocenters. The molecule has 0 aliphatic carbocycles. The van der Waals surface area contributed by atoms with Gasteiger partial charge in [-0.15, -0.1) is 0 Å². The number of aromatic nitrogens is 1. The van der Waals surface area contributed by atoms with E-state index in [1.807, 2.05) is 19.3 Å². The van der Waals surface area contributed by atoms with Crippen LogP contribution in [0.1, 0.15) is 32.8 Å². The van der Waals surface area contributed by atoms with Gasteiger partial charge in [-0.05, 0) is 37.4 Å². The van der Waals surface area contributed by atoms with Gasteiger partial charge in [-0.3, -0.25) is 0 Å². The van der Waals surface area contributed by atoms with E-state index in [1.165, 1.54) is 0 Å². The van der Waals surface area contributed by atoms with E-state index in [4.69, 9.17) is 16.3 Å². The molecule has 118 valence electrons. The maximum Gasteiger partial charge on any atom is 0.147 e. The highest BCUT2D eigenvalue weighted by molar-refractivity contribution is 6.33. The molecule has 2 heterocycles. The molecule has 21 heavy (non-hydrogen) atoms. The fourth-order valence-electron chi connectivity index (χ4n) is 2.72. The smallest absolute Gasteiger partial charge is 0.147 e. The number of nitrogens with one attached hydrogen (secondary N) is 1. The molecule has 0 aromatic carbocycles. The first-order valence-electron chi connectivity index (χ1n) is 7.68. The summed E-state index contributed by atoms with van der Waals surface area (Å²) in [7, 11) is 2.04. The average Bonchev–Trinajstić information content (AvgIpc) is 2.84. The normalized spacial score (nSPS) is 22.0. The Morgan fingerprint density at radius 1 is 1.52 bits per heavy atom. The molecule has 1 aromatic heterocycles. The van der Waals surface area contributed by atoms with Gasteiger partial charge in [0.25, 0.3) is 0 Å². The van der Waals surface area contributed by atoms with Crippen molar-refractivity contribution in [3.63, 3.8) is 0 Å². The van der Waals surface area contributed by atoms with Crippen LogP contribution in [0, 0.1) is 5.92 Å². The van der Waals surface area contributed by atoms with Gasteiger partial charge in [0, 0.05) is 26.4 Å². The molecule has 0 spiro atoms. The van der Waals surface area contributed by atoms with Gasteiger partial charge >= 0.3 is 0 Å². The summed E-state index contributed by atoms with van der Waals surface area (Å²) in [6, 6.07) is 2.36. The highest BCUT2D eigenvalue weighted by Gasteiger charge is 2.29. The molecule has 5 heteroatoms. The Bertz CT molecular complexity index is 467. The van der Waals surface area contributed by atoms with Gasteiger partial charge in [-0.2, -0.15) is 0 Å². The number of hydrogen-bond donors (Lipinski definition) is 1. The average molecular weight is 312 g/mol. The number of rotatable bonds is 6. The first-order chi connectivity index (χ1) is 9.99. The lowest BCUT2D eigenvalue weighted by atomic mass is 10.1. The predicted octanol–water partition coefficient (Wildman–Crippen LogP) is 3.09. The zero-order chi connectivity index (χ0) is 15.4. The number of ether oxygens (including phenoxy) is 1. The Morgan fingerprint density at radius 3 is 2.86 bits per heavy atom. The number of pyridine rings is 1. The van der Waals surface area contributed by atoms with Gasteiger partial charge in [0.1, 0.15) is 5.82 Å². The second kappa shape index (κ2) is 7.43. The number of nitrogens with zero attached hydrogens (tertiary/aromatic N) is 2. The molecule has 2 atom stereocenters. The van der Waals surface area contributed by atoms with Crippen LogP contribution in [-0.4, -0.2) is 37.3 Å². The maximum absolute atomic E-state index is 6.42. The summed E-state index contributed by atoms with van der Waals surface area (Å²) >= 11 is 6.42. The van der Waals surface area contributed by atoms with Gasteiger partial charge < -0.3 is 15.0 Å².